The van der Waals surface area contributed by atoms with Crippen LogP contribution in [0.2, 0.25) is 0 Å². The Labute approximate surface area is 141 Å². The van der Waals surface area contributed by atoms with E-state index in [2.05, 4.69) is 22.9 Å². The van der Waals surface area contributed by atoms with E-state index in [4.69, 9.17) is 4.42 Å². The first-order chi connectivity index (χ1) is 11.8. The molecule has 2 heterocycles. The molecule has 4 heteroatoms. The summed E-state index contributed by atoms with van der Waals surface area (Å²) in [6.45, 7) is 2.82. The van der Waals surface area contributed by atoms with Gasteiger partial charge in [-0.1, -0.05) is 37.8 Å². The number of aryl methyl sites for hydroxylation is 1. The van der Waals surface area contributed by atoms with Gasteiger partial charge in [0.15, 0.2) is 5.58 Å². The summed E-state index contributed by atoms with van der Waals surface area (Å²) in [5.74, 6) is 0.0271. The molecule has 4 nitrogen and oxygen atoms in total. The van der Waals surface area contributed by atoms with E-state index < -0.39 is 0 Å². The molecule has 1 saturated carbocycles. The van der Waals surface area contributed by atoms with Gasteiger partial charge in [0.2, 0.25) is 0 Å². The van der Waals surface area contributed by atoms with Gasteiger partial charge in [0.25, 0.3) is 5.91 Å². The van der Waals surface area contributed by atoms with Gasteiger partial charge < -0.3 is 14.3 Å². The van der Waals surface area contributed by atoms with Crippen LogP contribution in [-0.4, -0.2) is 16.5 Å². The Morgan fingerprint density at radius 2 is 1.92 bits per heavy atom. The van der Waals surface area contributed by atoms with Gasteiger partial charge in [-0.2, -0.15) is 0 Å². The lowest BCUT2D eigenvalue weighted by Crippen LogP contribution is -2.35. The highest BCUT2D eigenvalue weighted by Gasteiger charge is 2.22. The molecule has 0 bridgehead atoms. The maximum Gasteiger partial charge on any atom is 0.268 e. The first-order valence-electron chi connectivity index (χ1n) is 9.09. The summed E-state index contributed by atoms with van der Waals surface area (Å²) in [4.78, 5) is 12.8. The first-order valence-corrected chi connectivity index (χ1v) is 9.09. The second-order valence-corrected chi connectivity index (χ2v) is 6.75. The maximum atomic E-state index is 12.8. The number of nitrogens with zero attached hydrogens (tertiary/aromatic N) is 1. The van der Waals surface area contributed by atoms with Crippen molar-refractivity contribution in [3.05, 3.63) is 36.0 Å². The fourth-order valence-electron chi connectivity index (χ4n) is 3.95. The van der Waals surface area contributed by atoms with Gasteiger partial charge >= 0.3 is 0 Å². The predicted octanol–water partition coefficient (Wildman–Crippen LogP) is 4.86. The van der Waals surface area contributed by atoms with Crippen molar-refractivity contribution in [3.8, 4) is 0 Å². The van der Waals surface area contributed by atoms with Crippen molar-refractivity contribution in [2.45, 2.75) is 58.0 Å². The summed E-state index contributed by atoms with van der Waals surface area (Å²) in [6.07, 6.45) is 7.20. The lowest BCUT2D eigenvalue weighted by atomic mass is 10.1. The van der Waals surface area contributed by atoms with Crippen LogP contribution < -0.4 is 5.32 Å². The molecule has 1 aliphatic carbocycles. The van der Waals surface area contributed by atoms with Gasteiger partial charge in [-0.15, -0.1) is 0 Å². The summed E-state index contributed by atoms with van der Waals surface area (Å²) >= 11 is 0. The van der Waals surface area contributed by atoms with Crippen molar-refractivity contribution < 1.29 is 9.21 Å². The van der Waals surface area contributed by atoms with E-state index in [1.807, 2.05) is 24.3 Å². The average Bonchev–Trinajstić information content (AvgIpc) is 3.01. The van der Waals surface area contributed by atoms with Crippen LogP contribution >= 0.6 is 0 Å². The molecule has 0 spiro atoms. The summed E-state index contributed by atoms with van der Waals surface area (Å²) in [7, 11) is 0. The third-order valence-corrected chi connectivity index (χ3v) is 5.16. The van der Waals surface area contributed by atoms with Crippen molar-refractivity contribution in [2.24, 2.45) is 0 Å². The number of fused-ring (bicyclic) bond motifs is 3. The Kier molecular flexibility index (Phi) is 4.05. The SMILES string of the molecule is CCn1c(C(=O)NC2CCCCCC2)cc2oc3ccccc3c21. The molecule has 4 rings (SSSR count). The zero-order valence-electron chi connectivity index (χ0n) is 14.2. The van der Waals surface area contributed by atoms with Crippen LogP contribution in [0.5, 0.6) is 0 Å². The van der Waals surface area contributed by atoms with Crippen LogP contribution in [0, 0.1) is 0 Å². The van der Waals surface area contributed by atoms with E-state index >= 15 is 0 Å². The van der Waals surface area contributed by atoms with E-state index in [0.29, 0.717) is 11.7 Å². The largest absolute Gasteiger partial charge is 0.454 e. The number of rotatable bonds is 3. The quantitative estimate of drug-likeness (QED) is 0.699. The molecule has 1 N–H and O–H groups in total. The molecule has 0 radical (unpaired) electrons. The zero-order chi connectivity index (χ0) is 16.5. The predicted molar refractivity (Wildman–Crippen MR) is 96.3 cm³/mol. The fourth-order valence-corrected chi connectivity index (χ4v) is 3.95. The molecule has 1 fully saturated rings. The van der Waals surface area contributed by atoms with Crippen LogP contribution in [0.1, 0.15) is 55.9 Å². The highest BCUT2D eigenvalue weighted by Crippen LogP contribution is 2.31. The van der Waals surface area contributed by atoms with E-state index in [1.54, 1.807) is 0 Å². The second kappa shape index (κ2) is 6.34. The molecule has 1 aromatic carbocycles. The number of carbonyl (C=O) groups is 1. The minimum atomic E-state index is 0.0271. The van der Waals surface area contributed by atoms with E-state index in [9.17, 15) is 4.79 Å². The fraction of sp³-hybridized carbons (Fsp3) is 0.450. The van der Waals surface area contributed by atoms with Crippen LogP contribution in [0.25, 0.3) is 22.1 Å². The maximum absolute atomic E-state index is 12.8. The van der Waals surface area contributed by atoms with Crippen molar-refractivity contribution in [3.63, 3.8) is 0 Å². The molecule has 3 aromatic rings. The highest BCUT2D eigenvalue weighted by molar-refractivity contribution is 6.07. The first kappa shape index (κ1) is 15.3. The Balaban J connectivity index is 1.69. The summed E-state index contributed by atoms with van der Waals surface area (Å²) in [5, 5.41) is 4.32. The molecule has 0 saturated heterocycles. The summed E-state index contributed by atoms with van der Waals surface area (Å²) < 4.78 is 8.01. The highest BCUT2D eigenvalue weighted by atomic mass is 16.3. The van der Waals surface area contributed by atoms with Crippen LogP contribution in [-0.2, 0) is 6.54 Å². The molecule has 24 heavy (non-hydrogen) atoms. The molecular weight excluding hydrogens is 300 g/mol. The van der Waals surface area contributed by atoms with E-state index in [1.165, 1.54) is 25.7 Å². The van der Waals surface area contributed by atoms with Gasteiger partial charge in [0.05, 0.1) is 5.52 Å². The Morgan fingerprint density at radius 1 is 1.17 bits per heavy atom. The number of para-hydroxylation sites is 1. The molecule has 1 aliphatic rings. The number of aromatic nitrogens is 1. The monoisotopic (exact) mass is 324 g/mol. The number of benzene rings is 1. The standard InChI is InChI=1S/C20H24N2O2/c1-2-22-16(20(23)21-14-9-5-3-4-6-10-14)13-18-19(22)15-11-7-8-12-17(15)24-18/h7-8,11-14H,2-6,9-10H2,1H3,(H,21,23). The molecule has 0 atom stereocenters. The second-order valence-electron chi connectivity index (χ2n) is 6.75. The number of amides is 1. The van der Waals surface area contributed by atoms with Gasteiger partial charge in [-0.05, 0) is 31.9 Å². The van der Waals surface area contributed by atoms with Crippen molar-refractivity contribution in [1.29, 1.82) is 0 Å². The van der Waals surface area contributed by atoms with Gasteiger partial charge in [0, 0.05) is 24.0 Å². The Morgan fingerprint density at radius 3 is 2.67 bits per heavy atom. The lowest BCUT2D eigenvalue weighted by molar-refractivity contribution is 0.0924. The number of nitrogens with one attached hydrogen (secondary N) is 1. The van der Waals surface area contributed by atoms with Gasteiger partial charge in [0.1, 0.15) is 11.3 Å². The third kappa shape index (κ3) is 2.60. The van der Waals surface area contributed by atoms with Crippen molar-refractivity contribution >= 4 is 28.0 Å². The van der Waals surface area contributed by atoms with Crippen LogP contribution in [0.3, 0.4) is 0 Å². The molecule has 126 valence electrons. The van der Waals surface area contributed by atoms with Crippen LogP contribution in [0.15, 0.2) is 34.7 Å². The minimum absolute atomic E-state index is 0.0271. The number of carbonyl (C=O) groups excluding carboxylic acids is 1. The smallest absolute Gasteiger partial charge is 0.268 e. The number of hydrogen-bond acceptors (Lipinski definition) is 2. The molecular formula is C20H24N2O2. The van der Waals surface area contributed by atoms with E-state index in [-0.39, 0.29) is 5.91 Å². The normalized spacial score (nSPS) is 16.5. The van der Waals surface area contributed by atoms with Gasteiger partial charge in [-0.3, -0.25) is 4.79 Å². The average molecular weight is 324 g/mol. The molecule has 0 unspecified atom stereocenters. The molecule has 2 aromatic heterocycles. The zero-order valence-corrected chi connectivity index (χ0v) is 14.2. The number of furan rings is 1. The van der Waals surface area contributed by atoms with Crippen molar-refractivity contribution in [1.82, 2.24) is 9.88 Å². The van der Waals surface area contributed by atoms with Crippen LogP contribution in [0.4, 0.5) is 0 Å². The lowest BCUT2D eigenvalue weighted by Gasteiger charge is -2.17. The molecule has 1 amide bonds. The Hall–Kier alpha value is -2.23. The molecule has 0 aliphatic heterocycles. The van der Waals surface area contributed by atoms with E-state index in [0.717, 1.165) is 41.5 Å². The summed E-state index contributed by atoms with van der Waals surface area (Å²) in [6, 6.07) is 10.2. The topological polar surface area (TPSA) is 47.2 Å². The van der Waals surface area contributed by atoms with Crippen molar-refractivity contribution in [2.75, 3.05) is 0 Å². The third-order valence-electron chi connectivity index (χ3n) is 5.16. The minimum Gasteiger partial charge on any atom is -0.454 e. The number of hydrogen-bond donors (Lipinski definition) is 1. The Bertz CT molecular complexity index is 866. The van der Waals surface area contributed by atoms with Gasteiger partial charge in [-0.25, -0.2) is 0 Å². The summed E-state index contributed by atoms with van der Waals surface area (Å²) in [5.41, 5.74) is 3.41.